The molecule has 1 heterocycles. The molecule has 5 heteroatoms. The van der Waals surface area contributed by atoms with E-state index in [1.807, 2.05) is 13.8 Å². The maximum absolute atomic E-state index is 12.0. The van der Waals surface area contributed by atoms with E-state index in [0.29, 0.717) is 11.1 Å². The van der Waals surface area contributed by atoms with Crippen LogP contribution in [0.15, 0.2) is 18.2 Å². The Bertz CT molecular complexity index is 660. The number of hydrogen-bond acceptors (Lipinski definition) is 4. The van der Waals surface area contributed by atoms with Crippen molar-refractivity contribution in [1.82, 2.24) is 15.3 Å². The van der Waals surface area contributed by atoms with Gasteiger partial charge in [-0.3, -0.25) is 4.79 Å². The summed E-state index contributed by atoms with van der Waals surface area (Å²) in [5.74, 6) is -0.228. The van der Waals surface area contributed by atoms with Crippen molar-refractivity contribution >= 4 is 16.9 Å². The molecule has 1 aromatic heterocycles. The number of nitrogens with zero attached hydrogens (tertiary/aromatic N) is 2. The van der Waals surface area contributed by atoms with Gasteiger partial charge in [-0.05, 0) is 45.9 Å². The second kappa shape index (κ2) is 5.17. The lowest BCUT2D eigenvalue weighted by atomic mass is 10.1. The van der Waals surface area contributed by atoms with Crippen LogP contribution in [0.1, 0.15) is 35.6 Å². The molecule has 2 rings (SSSR count). The minimum atomic E-state index is -0.931. The van der Waals surface area contributed by atoms with Gasteiger partial charge in [0.2, 0.25) is 0 Å². The fourth-order valence-corrected chi connectivity index (χ4v) is 1.77. The average Bonchev–Trinajstić information content (AvgIpc) is 2.36. The first kappa shape index (κ1) is 14.4. The van der Waals surface area contributed by atoms with Crippen LogP contribution in [0.25, 0.3) is 11.0 Å². The topological polar surface area (TPSA) is 75.1 Å². The molecule has 1 amide bonds. The summed E-state index contributed by atoms with van der Waals surface area (Å²) in [6.07, 6.45) is 0. The van der Waals surface area contributed by atoms with Gasteiger partial charge in [0, 0.05) is 12.1 Å². The standard InChI is InChI=1S/C15H19N3O2/c1-9-10(2)18-13-7-11(5-6-12(13)17-9)14(19)16-8-15(3,4)20/h5-7,20H,8H2,1-4H3,(H,16,19). The molecule has 0 spiro atoms. The highest BCUT2D eigenvalue weighted by atomic mass is 16.3. The number of fused-ring (bicyclic) bond motifs is 1. The predicted octanol–water partition coefficient (Wildman–Crippen LogP) is 1.75. The Morgan fingerprint density at radius 1 is 1.20 bits per heavy atom. The fraction of sp³-hybridized carbons (Fsp3) is 0.400. The molecule has 0 aliphatic carbocycles. The molecule has 2 N–H and O–H groups in total. The molecule has 0 saturated heterocycles. The number of aliphatic hydroxyl groups is 1. The van der Waals surface area contributed by atoms with Gasteiger partial charge < -0.3 is 10.4 Å². The van der Waals surface area contributed by atoms with Gasteiger partial charge in [-0.2, -0.15) is 0 Å². The number of aryl methyl sites for hydroxylation is 2. The summed E-state index contributed by atoms with van der Waals surface area (Å²) in [5, 5.41) is 12.3. The van der Waals surface area contributed by atoms with Crippen molar-refractivity contribution < 1.29 is 9.90 Å². The van der Waals surface area contributed by atoms with Gasteiger partial charge in [0.15, 0.2) is 0 Å². The maximum Gasteiger partial charge on any atom is 0.251 e. The Morgan fingerprint density at radius 3 is 2.40 bits per heavy atom. The summed E-state index contributed by atoms with van der Waals surface area (Å²) < 4.78 is 0. The molecule has 5 nitrogen and oxygen atoms in total. The molecule has 20 heavy (non-hydrogen) atoms. The van der Waals surface area contributed by atoms with Crippen molar-refractivity contribution in [2.45, 2.75) is 33.3 Å². The third kappa shape index (κ3) is 3.30. The summed E-state index contributed by atoms with van der Waals surface area (Å²) in [6, 6.07) is 5.22. The number of carbonyl (C=O) groups excluding carboxylic acids is 1. The molecule has 0 saturated carbocycles. The van der Waals surface area contributed by atoms with E-state index in [1.165, 1.54) is 0 Å². The molecule has 106 valence electrons. The highest BCUT2D eigenvalue weighted by molar-refractivity contribution is 5.97. The minimum absolute atomic E-state index is 0.197. The van der Waals surface area contributed by atoms with E-state index in [1.54, 1.807) is 32.0 Å². The average molecular weight is 273 g/mol. The summed E-state index contributed by atoms with van der Waals surface area (Å²) in [5.41, 5.74) is 2.79. The summed E-state index contributed by atoms with van der Waals surface area (Å²) >= 11 is 0. The van der Waals surface area contributed by atoms with Gasteiger partial charge in [0.1, 0.15) is 0 Å². The SMILES string of the molecule is Cc1nc2ccc(C(=O)NCC(C)(C)O)cc2nc1C. The van der Waals surface area contributed by atoms with Gasteiger partial charge in [0.25, 0.3) is 5.91 Å². The molecule has 1 aromatic carbocycles. The number of amides is 1. The zero-order valence-electron chi connectivity index (χ0n) is 12.2. The monoisotopic (exact) mass is 273 g/mol. The summed E-state index contributed by atoms with van der Waals surface area (Å²) in [4.78, 5) is 20.9. The summed E-state index contributed by atoms with van der Waals surface area (Å²) in [7, 11) is 0. The Kier molecular flexibility index (Phi) is 3.72. The minimum Gasteiger partial charge on any atom is -0.389 e. The fourth-order valence-electron chi connectivity index (χ4n) is 1.77. The van der Waals surface area contributed by atoms with Crippen LogP contribution in [-0.2, 0) is 0 Å². The molecular weight excluding hydrogens is 254 g/mol. The highest BCUT2D eigenvalue weighted by Gasteiger charge is 2.15. The first-order valence-corrected chi connectivity index (χ1v) is 6.52. The third-order valence-corrected chi connectivity index (χ3v) is 3.02. The first-order valence-electron chi connectivity index (χ1n) is 6.52. The van der Waals surface area contributed by atoms with Gasteiger partial charge in [-0.1, -0.05) is 0 Å². The lowest BCUT2D eigenvalue weighted by Gasteiger charge is -2.17. The van der Waals surface area contributed by atoms with Crippen LogP contribution in [-0.4, -0.2) is 33.1 Å². The van der Waals surface area contributed by atoms with Crippen molar-refractivity contribution in [2.75, 3.05) is 6.54 Å². The van der Waals surface area contributed by atoms with Gasteiger partial charge in [-0.15, -0.1) is 0 Å². The quantitative estimate of drug-likeness (QED) is 0.893. The normalized spacial score (nSPS) is 11.7. The number of carbonyl (C=O) groups is 1. The van der Waals surface area contributed by atoms with Crippen LogP contribution in [0, 0.1) is 13.8 Å². The molecule has 0 atom stereocenters. The first-order chi connectivity index (χ1) is 9.26. The van der Waals surface area contributed by atoms with E-state index in [2.05, 4.69) is 15.3 Å². The second-order valence-electron chi connectivity index (χ2n) is 5.59. The van der Waals surface area contributed by atoms with Crippen LogP contribution in [0.4, 0.5) is 0 Å². The zero-order valence-corrected chi connectivity index (χ0v) is 12.2. The second-order valence-corrected chi connectivity index (χ2v) is 5.59. The third-order valence-electron chi connectivity index (χ3n) is 3.02. The van der Waals surface area contributed by atoms with Gasteiger partial charge in [-0.25, -0.2) is 9.97 Å². The number of rotatable bonds is 3. The van der Waals surface area contributed by atoms with Crippen LogP contribution < -0.4 is 5.32 Å². The van der Waals surface area contributed by atoms with Crippen LogP contribution in [0.5, 0.6) is 0 Å². The maximum atomic E-state index is 12.0. The van der Waals surface area contributed by atoms with E-state index in [4.69, 9.17) is 0 Å². The van der Waals surface area contributed by atoms with Crippen LogP contribution in [0.2, 0.25) is 0 Å². The van der Waals surface area contributed by atoms with Crippen molar-refractivity contribution in [2.24, 2.45) is 0 Å². The lowest BCUT2D eigenvalue weighted by molar-refractivity contribution is 0.0694. The molecule has 0 unspecified atom stereocenters. The Balaban J connectivity index is 2.27. The zero-order chi connectivity index (χ0) is 14.9. The molecule has 2 aromatic rings. The molecule has 0 aliphatic heterocycles. The predicted molar refractivity (Wildman–Crippen MR) is 77.6 cm³/mol. The molecule has 0 bridgehead atoms. The van der Waals surface area contributed by atoms with Gasteiger partial charge in [0.05, 0.1) is 28.0 Å². The van der Waals surface area contributed by atoms with E-state index in [0.717, 1.165) is 16.9 Å². The number of hydrogen-bond donors (Lipinski definition) is 2. The van der Waals surface area contributed by atoms with Crippen LogP contribution >= 0.6 is 0 Å². The Labute approximate surface area is 118 Å². The number of aromatic nitrogens is 2. The lowest BCUT2D eigenvalue weighted by Crippen LogP contribution is -2.38. The molecule has 0 radical (unpaired) electrons. The molecular formula is C15H19N3O2. The largest absolute Gasteiger partial charge is 0.389 e. The Morgan fingerprint density at radius 2 is 1.80 bits per heavy atom. The highest BCUT2D eigenvalue weighted by Crippen LogP contribution is 2.14. The van der Waals surface area contributed by atoms with Gasteiger partial charge >= 0.3 is 0 Å². The smallest absolute Gasteiger partial charge is 0.251 e. The Hall–Kier alpha value is -2.01. The summed E-state index contributed by atoms with van der Waals surface area (Å²) in [6.45, 7) is 7.29. The van der Waals surface area contributed by atoms with Crippen molar-refractivity contribution in [1.29, 1.82) is 0 Å². The van der Waals surface area contributed by atoms with Crippen molar-refractivity contribution in [3.8, 4) is 0 Å². The van der Waals surface area contributed by atoms with Crippen LogP contribution in [0.3, 0.4) is 0 Å². The molecule has 0 aliphatic rings. The number of benzene rings is 1. The van der Waals surface area contributed by atoms with E-state index >= 15 is 0 Å². The van der Waals surface area contributed by atoms with Crippen molar-refractivity contribution in [3.63, 3.8) is 0 Å². The number of nitrogens with one attached hydrogen (secondary N) is 1. The van der Waals surface area contributed by atoms with E-state index in [9.17, 15) is 9.90 Å². The van der Waals surface area contributed by atoms with E-state index < -0.39 is 5.60 Å². The van der Waals surface area contributed by atoms with Crippen molar-refractivity contribution in [3.05, 3.63) is 35.2 Å². The van der Waals surface area contributed by atoms with E-state index in [-0.39, 0.29) is 12.5 Å². The molecule has 0 fully saturated rings.